The third-order valence-corrected chi connectivity index (χ3v) is 7.04. The summed E-state index contributed by atoms with van der Waals surface area (Å²) in [6, 6.07) is 13.3. The van der Waals surface area contributed by atoms with Crippen molar-refractivity contribution in [2.45, 2.75) is 38.8 Å². The number of aryl methyl sites for hydroxylation is 1. The van der Waals surface area contributed by atoms with Gasteiger partial charge in [-0.3, -0.25) is 9.78 Å². The summed E-state index contributed by atoms with van der Waals surface area (Å²) >= 11 is 18.4. The fraction of sp³-hybridized carbons (Fsp3) is 0.320. The van der Waals surface area contributed by atoms with E-state index in [0.29, 0.717) is 34.5 Å². The molecule has 6 nitrogen and oxygen atoms in total. The number of thiocarbonyl (C=S) groups is 1. The number of pyridine rings is 1. The van der Waals surface area contributed by atoms with Crippen molar-refractivity contribution >= 4 is 46.5 Å². The van der Waals surface area contributed by atoms with Gasteiger partial charge in [0.1, 0.15) is 0 Å². The van der Waals surface area contributed by atoms with E-state index in [2.05, 4.69) is 39.7 Å². The summed E-state index contributed by atoms with van der Waals surface area (Å²) in [5.41, 5.74) is 4.98. The fourth-order valence-corrected chi connectivity index (χ4v) is 5.43. The number of hydrogen-bond donors (Lipinski definition) is 1. The molecule has 0 spiro atoms. The van der Waals surface area contributed by atoms with E-state index >= 15 is 0 Å². The van der Waals surface area contributed by atoms with E-state index in [0.717, 1.165) is 28.3 Å². The predicted molar refractivity (Wildman–Crippen MR) is 139 cm³/mol. The van der Waals surface area contributed by atoms with Crippen LogP contribution < -0.4 is 5.32 Å². The van der Waals surface area contributed by atoms with E-state index in [1.54, 1.807) is 12.3 Å². The zero-order valence-corrected chi connectivity index (χ0v) is 21.5. The molecule has 3 heterocycles. The molecule has 34 heavy (non-hydrogen) atoms. The quantitative estimate of drug-likeness (QED) is 0.320. The van der Waals surface area contributed by atoms with Gasteiger partial charge in [-0.1, -0.05) is 29.3 Å². The molecule has 1 fully saturated rings. The Morgan fingerprint density at radius 3 is 2.68 bits per heavy atom. The van der Waals surface area contributed by atoms with E-state index in [4.69, 9.17) is 40.2 Å². The lowest BCUT2D eigenvalue weighted by Gasteiger charge is -2.28. The molecule has 1 aromatic carbocycles. The molecule has 0 radical (unpaired) electrons. The second-order valence-electron chi connectivity index (χ2n) is 8.26. The van der Waals surface area contributed by atoms with E-state index in [9.17, 15) is 4.79 Å². The number of benzene rings is 1. The maximum Gasteiger partial charge on any atom is 0.305 e. The van der Waals surface area contributed by atoms with Crippen LogP contribution in [-0.4, -0.2) is 39.2 Å². The number of hydrogen-bond acceptors (Lipinski definition) is 4. The second-order valence-corrected chi connectivity index (χ2v) is 9.49. The number of halogens is 2. The third-order valence-electron chi connectivity index (χ3n) is 6.14. The van der Waals surface area contributed by atoms with E-state index in [1.165, 1.54) is 7.11 Å². The second kappa shape index (κ2) is 10.3. The first-order valence-electron chi connectivity index (χ1n) is 11.0. The highest BCUT2D eigenvalue weighted by Crippen LogP contribution is 2.42. The molecule has 1 saturated heterocycles. The largest absolute Gasteiger partial charge is 0.469 e. The van der Waals surface area contributed by atoms with Crippen molar-refractivity contribution in [3.63, 3.8) is 0 Å². The highest BCUT2D eigenvalue weighted by Gasteiger charge is 2.41. The zero-order valence-electron chi connectivity index (χ0n) is 19.2. The number of rotatable bonds is 7. The number of esters is 1. The molecule has 4 rings (SSSR count). The van der Waals surface area contributed by atoms with Gasteiger partial charge >= 0.3 is 5.97 Å². The molecule has 0 saturated carbocycles. The minimum Gasteiger partial charge on any atom is -0.469 e. The van der Waals surface area contributed by atoms with Gasteiger partial charge in [-0.05, 0) is 74.4 Å². The molecule has 9 heteroatoms. The topological polar surface area (TPSA) is 59.4 Å². The molecule has 1 aliphatic heterocycles. The fourth-order valence-electron chi connectivity index (χ4n) is 4.60. The highest BCUT2D eigenvalue weighted by atomic mass is 35.5. The Morgan fingerprint density at radius 2 is 2.00 bits per heavy atom. The Hall–Kier alpha value is -2.61. The lowest BCUT2D eigenvalue weighted by molar-refractivity contribution is -0.140. The highest BCUT2D eigenvalue weighted by molar-refractivity contribution is 7.80. The summed E-state index contributed by atoms with van der Waals surface area (Å²) < 4.78 is 6.95. The smallest absolute Gasteiger partial charge is 0.305 e. The summed E-state index contributed by atoms with van der Waals surface area (Å²) in [6.45, 7) is 4.75. The molecule has 2 atom stereocenters. The standard InChI is InChI=1S/C25H26Cl2N4O2S/c1-15-13-18(16(2)31(15)21-10-9-17(26)14-19(21)27)24-23(20-7-4-5-11-28-20)29-25(34)30(24)12-6-8-22(32)33-3/h4-5,7,9-11,13-14,23-24H,6,8,12H2,1-3H3,(H,29,34)/t23-,24-/m1/s1. The van der Waals surface area contributed by atoms with Crippen molar-refractivity contribution in [3.8, 4) is 5.69 Å². The van der Waals surface area contributed by atoms with Crippen LogP contribution in [0.3, 0.4) is 0 Å². The molecule has 0 aliphatic carbocycles. The number of aromatic nitrogens is 2. The zero-order chi connectivity index (χ0) is 24.4. The van der Waals surface area contributed by atoms with Crippen molar-refractivity contribution in [2.75, 3.05) is 13.7 Å². The van der Waals surface area contributed by atoms with Gasteiger partial charge in [0.05, 0.1) is 35.6 Å². The predicted octanol–water partition coefficient (Wildman–Crippen LogP) is 5.72. The van der Waals surface area contributed by atoms with Gasteiger partial charge in [0.2, 0.25) is 0 Å². The van der Waals surface area contributed by atoms with Gasteiger partial charge < -0.3 is 19.5 Å². The Kier molecular flexibility index (Phi) is 7.45. The molecule has 178 valence electrons. The molecule has 0 amide bonds. The van der Waals surface area contributed by atoms with Crippen LogP contribution in [0.1, 0.15) is 47.6 Å². The molecule has 2 aromatic heterocycles. The molecule has 3 aromatic rings. The van der Waals surface area contributed by atoms with Crippen LogP contribution in [0.4, 0.5) is 0 Å². The molecular weight excluding hydrogens is 491 g/mol. The normalized spacial score (nSPS) is 17.7. The third kappa shape index (κ3) is 4.78. The van der Waals surface area contributed by atoms with Crippen LogP contribution in [-0.2, 0) is 9.53 Å². The molecule has 1 aliphatic rings. The average Bonchev–Trinajstić information content (AvgIpc) is 3.29. The van der Waals surface area contributed by atoms with Gasteiger partial charge in [-0.25, -0.2) is 0 Å². The number of ether oxygens (including phenoxy) is 1. The molecule has 0 bridgehead atoms. The van der Waals surface area contributed by atoms with Crippen LogP contribution in [0.2, 0.25) is 10.0 Å². The minimum atomic E-state index is -0.230. The van der Waals surface area contributed by atoms with E-state index in [-0.39, 0.29) is 18.1 Å². The lowest BCUT2D eigenvalue weighted by Crippen LogP contribution is -2.31. The summed E-state index contributed by atoms with van der Waals surface area (Å²) in [5, 5.41) is 5.27. The van der Waals surface area contributed by atoms with Gasteiger partial charge in [-0.2, -0.15) is 0 Å². The first-order chi connectivity index (χ1) is 16.3. The van der Waals surface area contributed by atoms with Crippen molar-refractivity contribution < 1.29 is 9.53 Å². The van der Waals surface area contributed by atoms with Crippen molar-refractivity contribution in [3.05, 3.63) is 81.4 Å². The number of nitrogens with one attached hydrogen (secondary N) is 1. The number of carbonyl (C=O) groups is 1. The lowest BCUT2D eigenvalue weighted by atomic mass is 9.96. The van der Waals surface area contributed by atoms with Gasteiger partial charge in [0.25, 0.3) is 0 Å². The Balaban J connectivity index is 1.77. The monoisotopic (exact) mass is 516 g/mol. The summed E-state index contributed by atoms with van der Waals surface area (Å²) in [5.74, 6) is -0.230. The molecule has 1 N–H and O–H groups in total. The first kappa shape index (κ1) is 24.5. The van der Waals surface area contributed by atoms with Gasteiger partial charge in [0.15, 0.2) is 5.11 Å². The summed E-state index contributed by atoms with van der Waals surface area (Å²) in [4.78, 5) is 18.4. The Labute approximate surface area is 214 Å². The summed E-state index contributed by atoms with van der Waals surface area (Å²) in [6.07, 6.45) is 2.74. The Morgan fingerprint density at radius 1 is 1.21 bits per heavy atom. The molecular formula is C25H26Cl2N4O2S. The van der Waals surface area contributed by atoms with Gasteiger partial charge in [0, 0.05) is 35.6 Å². The summed E-state index contributed by atoms with van der Waals surface area (Å²) in [7, 11) is 1.40. The van der Waals surface area contributed by atoms with Crippen LogP contribution >= 0.6 is 35.4 Å². The van der Waals surface area contributed by atoms with Crippen LogP contribution in [0.5, 0.6) is 0 Å². The number of nitrogens with zero attached hydrogens (tertiary/aromatic N) is 3. The molecule has 0 unspecified atom stereocenters. The van der Waals surface area contributed by atoms with Crippen molar-refractivity contribution in [2.24, 2.45) is 0 Å². The van der Waals surface area contributed by atoms with Crippen LogP contribution in [0, 0.1) is 13.8 Å². The van der Waals surface area contributed by atoms with Crippen LogP contribution in [0.25, 0.3) is 5.69 Å². The number of carbonyl (C=O) groups excluding carboxylic acids is 1. The minimum absolute atomic E-state index is 0.105. The van der Waals surface area contributed by atoms with E-state index in [1.807, 2.05) is 30.3 Å². The number of methoxy groups -OCH3 is 1. The van der Waals surface area contributed by atoms with E-state index < -0.39 is 0 Å². The maximum absolute atomic E-state index is 11.7. The van der Waals surface area contributed by atoms with Gasteiger partial charge in [-0.15, -0.1) is 0 Å². The average molecular weight is 517 g/mol. The SMILES string of the molecule is COC(=O)CCCN1C(=S)N[C@H](c2ccccn2)[C@H]1c1cc(C)n(-c2ccc(Cl)cc2Cl)c1C. The van der Waals surface area contributed by atoms with Crippen molar-refractivity contribution in [1.29, 1.82) is 0 Å². The van der Waals surface area contributed by atoms with Crippen LogP contribution in [0.15, 0.2) is 48.7 Å². The Bertz CT molecular complexity index is 1220. The first-order valence-corrected chi connectivity index (χ1v) is 12.2. The van der Waals surface area contributed by atoms with Crippen molar-refractivity contribution in [1.82, 2.24) is 19.8 Å². The maximum atomic E-state index is 11.7.